The van der Waals surface area contributed by atoms with Crippen LogP contribution in [0.25, 0.3) is 26.3 Å². The van der Waals surface area contributed by atoms with Crippen LogP contribution >= 0.6 is 11.3 Å². The summed E-state index contributed by atoms with van der Waals surface area (Å²) in [5.74, 6) is 2.66. The molecule has 7 rings (SSSR count). The third-order valence-electron chi connectivity index (χ3n) is 6.79. The average molecular weight is 562 g/mol. The number of fused-ring (bicyclic) bond motifs is 3. The van der Waals surface area contributed by atoms with Crippen molar-refractivity contribution in [2.45, 2.75) is 6.92 Å². The molecule has 11 heteroatoms. The van der Waals surface area contributed by atoms with Crippen LogP contribution in [0.5, 0.6) is 17.2 Å². The zero-order chi connectivity index (χ0) is 27.9. The number of hydrogen-bond acceptors (Lipinski definition) is 9. The fourth-order valence-corrected chi connectivity index (χ4v) is 5.77. The van der Waals surface area contributed by atoms with Gasteiger partial charge >= 0.3 is 0 Å². The van der Waals surface area contributed by atoms with Crippen molar-refractivity contribution in [2.75, 3.05) is 23.4 Å². The minimum atomic E-state index is -0.150. The number of carbonyl (C=O) groups excluding carboxylic acids is 1. The molecule has 0 saturated carbocycles. The highest BCUT2D eigenvalue weighted by Crippen LogP contribution is 2.41. The van der Waals surface area contributed by atoms with Crippen molar-refractivity contribution in [1.29, 1.82) is 0 Å². The Hall–Kier alpha value is -5.29. The highest BCUT2D eigenvalue weighted by molar-refractivity contribution is 7.21. The number of anilines is 3. The largest absolute Gasteiger partial charge is 0.490 e. The quantitative estimate of drug-likeness (QED) is 0.241. The number of amides is 1. The van der Waals surface area contributed by atoms with Crippen LogP contribution in [0.15, 0.2) is 86.1 Å². The molecule has 2 aromatic carbocycles. The molecule has 0 spiro atoms. The summed E-state index contributed by atoms with van der Waals surface area (Å²) >= 11 is 1.56. The van der Waals surface area contributed by atoms with Gasteiger partial charge in [-0.3, -0.25) is 4.79 Å². The molecule has 0 radical (unpaired) electrons. The zero-order valence-corrected chi connectivity index (χ0v) is 22.8. The van der Waals surface area contributed by atoms with E-state index in [0.717, 1.165) is 43.3 Å². The van der Waals surface area contributed by atoms with E-state index in [9.17, 15) is 4.79 Å². The van der Waals surface area contributed by atoms with Gasteiger partial charge in [0.05, 0.1) is 17.6 Å². The fourth-order valence-electron chi connectivity index (χ4n) is 4.77. The number of rotatable bonds is 6. The summed E-state index contributed by atoms with van der Waals surface area (Å²) in [7, 11) is 0. The predicted molar refractivity (Wildman–Crippen MR) is 158 cm³/mol. The van der Waals surface area contributed by atoms with Crippen LogP contribution in [0.4, 0.5) is 17.2 Å². The number of thiophene rings is 1. The second kappa shape index (κ2) is 10.0. The van der Waals surface area contributed by atoms with Crippen molar-refractivity contribution in [3.8, 4) is 27.7 Å². The second-order valence-electron chi connectivity index (χ2n) is 9.41. The van der Waals surface area contributed by atoms with Crippen LogP contribution in [0.2, 0.25) is 0 Å². The standard InChI is InChI=1S/C30H23N7O3S/c1-3-28(38)36-10-11-39-25-6-4-19(13-23(25)36)26-15-22-29(32-16-33-30(22)41-26)35-20-5-7-24(18(2)12-20)40-21-8-9-37-27(14-21)31-17-34-37/h3-9,12-17H,1,10-11H2,2H3,(H,32,33,35). The lowest BCUT2D eigenvalue weighted by Gasteiger charge is -2.29. The third-order valence-corrected chi connectivity index (χ3v) is 7.89. The van der Waals surface area contributed by atoms with Crippen molar-refractivity contribution in [3.05, 3.63) is 91.7 Å². The number of hydrogen-bond donors (Lipinski definition) is 1. The van der Waals surface area contributed by atoms with Gasteiger partial charge in [-0.15, -0.1) is 11.3 Å². The molecule has 4 aromatic heterocycles. The van der Waals surface area contributed by atoms with Gasteiger partial charge in [0.25, 0.3) is 5.91 Å². The smallest absolute Gasteiger partial charge is 0.250 e. The van der Waals surface area contributed by atoms with E-state index in [1.54, 1.807) is 27.1 Å². The summed E-state index contributed by atoms with van der Waals surface area (Å²) in [4.78, 5) is 29.2. The van der Waals surface area contributed by atoms with Crippen molar-refractivity contribution in [1.82, 2.24) is 24.6 Å². The summed E-state index contributed by atoms with van der Waals surface area (Å²) in [6, 6.07) is 17.5. The molecule has 41 heavy (non-hydrogen) atoms. The Labute approximate surface area is 238 Å². The molecular formula is C30H23N7O3S. The summed E-state index contributed by atoms with van der Waals surface area (Å²) < 4.78 is 13.6. The summed E-state index contributed by atoms with van der Waals surface area (Å²) in [5, 5.41) is 8.46. The van der Waals surface area contributed by atoms with Crippen LogP contribution in [-0.4, -0.2) is 43.6 Å². The van der Waals surface area contributed by atoms with Crippen molar-refractivity contribution in [2.24, 2.45) is 0 Å². The first kappa shape index (κ1) is 24.7. The van der Waals surface area contributed by atoms with Gasteiger partial charge in [-0.25, -0.2) is 19.5 Å². The highest BCUT2D eigenvalue weighted by atomic mass is 32.1. The van der Waals surface area contributed by atoms with Crippen molar-refractivity contribution in [3.63, 3.8) is 0 Å². The van der Waals surface area contributed by atoms with Gasteiger partial charge < -0.3 is 19.7 Å². The van der Waals surface area contributed by atoms with E-state index >= 15 is 0 Å². The van der Waals surface area contributed by atoms with Gasteiger partial charge in [0.2, 0.25) is 0 Å². The topological polar surface area (TPSA) is 107 Å². The van der Waals surface area contributed by atoms with Crippen LogP contribution in [0.3, 0.4) is 0 Å². The number of nitrogens with zero attached hydrogens (tertiary/aromatic N) is 6. The number of aromatic nitrogens is 5. The number of carbonyl (C=O) groups is 1. The molecule has 10 nitrogen and oxygen atoms in total. The molecule has 202 valence electrons. The van der Waals surface area contributed by atoms with Crippen LogP contribution < -0.4 is 19.7 Å². The Morgan fingerprint density at radius 1 is 1.10 bits per heavy atom. The Bertz CT molecular complexity index is 1970. The average Bonchev–Trinajstić information content (AvgIpc) is 3.65. The number of pyridine rings is 1. The van der Waals surface area contributed by atoms with E-state index in [4.69, 9.17) is 9.47 Å². The molecule has 0 fully saturated rings. The normalized spacial score (nSPS) is 12.7. The Balaban J connectivity index is 1.15. The molecule has 0 atom stereocenters. The molecule has 1 aliphatic heterocycles. The van der Waals surface area contributed by atoms with Gasteiger partial charge in [-0.2, -0.15) is 5.10 Å². The van der Waals surface area contributed by atoms with Gasteiger partial charge in [-0.05, 0) is 72.7 Å². The first-order valence-electron chi connectivity index (χ1n) is 12.9. The van der Waals surface area contributed by atoms with E-state index < -0.39 is 0 Å². The van der Waals surface area contributed by atoms with E-state index in [1.807, 2.05) is 61.7 Å². The molecule has 0 bridgehead atoms. The van der Waals surface area contributed by atoms with Crippen LogP contribution in [-0.2, 0) is 4.79 Å². The number of nitrogens with one attached hydrogen (secondary N) is 1. The molecule has 5 heterocycles. The van der Waals surface area contributed by atoms with Crippen molar-refractivity contribution >= 4 is 50.3 Å². The van der Waals surface area contributed by atoms with Gasteiger partial charge in [0.1, 0.15) is 47.2 Å². The molecule has 0 saturated heterocycles. The maximum absolute atomic E-state index is 12.4. The lowest BCUT2D eigenvalue weighted by atomic mass is 10.1. The lowest BCUT2D eigenvalue weighted by Crippen LogP contribution is -2.36. The van der Waals surface area contributed by atoms with Crippen LogP contribution in [0, 0.1) is 6.92 Å². The Morgan fingerprint density at radius 2 is 2.02 bits per heavy atom. The maximum atomic E-state index is 12.4. The zero-order valence-electron chi connectivity index (χ0n) is 21.9. The molecule has 0 aliphatic carbocycles. The fraction of sp³-hybridized carbons (Fsp3) is 0.100. The number of aryl methyl sites for hydroxylation is 1. The minimum Gasteiger partial charge on any atom is -0.490 e. The molecule has 1 amide bonds. The Kier molecular flexibility index (Phi) is 6.05. The highest BCUT2D eigenvalue weighted by Gasteiger charge is 2.23. The third kappa shape index (κ3) is 4.61. The van der Waals surface area contributed by atoms with Gasteiger partial charge in [0.15, 0.2) is 5.65 Å². The maximum Gasteiger partial charge on any atom is 0.250 e. The summed E-state index contributed by atoms with van der Waals surface area (Å²) in [6.07, 6.45) is 6.20. The van der Waals surface area contributed by atoms with E-state index in [1.165, 1.54) is 12.4 Å². The molecule has 1 N–H and O–H groups in total. The monoisotopic (exact) mass is 561 g/mol. The minimum absolute atomic E-state index is 0.150. The van der Waals surface area contributed by atoms with Crippen molar-refractivity contribution < 1.29 is 14.3 Å². The molecule has 1 aliphatic rings. The Morgan fingerprint density at radius 3 is 2.90 bits per heavy atom. The summed E-state index contributed by atoms with van der Waals surface area (Å²) in [6.45, 7) is 6.56. The predicted octanol–water partition coefficient (Wildman–Crippen LogP) is 6.16. The number of ether oxygens (including phenoxy) is 2. The molecule has 6 aromatic rings. The first-order chi connectivity index (χ1) is 20.1. The van der Waals surface area contributed by atoms with Gasteiger partial charge in [-0.1, -0.05) is 6.58 Å². The van der Waals surface area contributed by atoms with Crippen LogP contribution in [0.1, 0.15) is 5.56 Å². The second-order valence-corrected chi connectivity index (χ2v) is 10.4. The molecular weight excluding hydrogens is 538 g/mol. The SMILES string of the molecule is C=CC(=O)N1CCOc2ccc(-c3cc4c(Nc5ccc(Oc6ccn7ncnc7c6)c(C)c5)ncnc4s3)cc21. The van der Waals surface area contributed by atoms with E-state index in [0.29, 0.717) is 36.1 Å². The number of benzene rings is 2. The van der Waals surface area contributed by atoms with E-state index in [-0.39, 0.29) is 5.91 Å². The summed E-state index contributed by atoms with van der Waals surface area (Å²) in [5.41, 5.74) is 4.25. The first-order valence-corrected chi connectivity index (χ1v) is 13.7. The molecule has 0 unspecified atom stereocenters. The van der Waals surface area contributed by atoms with E-state index in [2.05, 4.69) is 38.0 Å². The van der Waals surface area contributed by atoms with Gasteiger partial charge in [0, 0.05) is 22.8 Å². The lowest BCUT2D eigenvalue weighted by molar-refractivity contribution is -0.114.